The molecule has 66 heavy (non-hydrogen) atoms. The van der Waals surface area contributed by atoms with Crippen molar-refractivity contribution in [1.82, 2.24) is 40.4 Å². The van der Waals surface area contributed by atoms with Crippen molar-refractivity contribution >= 4 is 40.5 Å². The van der Waals surface area contributed by atoms with Crippen molar-refractivity contribution < 1.29 is 43.7 Å². The summed E-state index contributed by atoms with van der Waals surface area (Å²) in [6.07, 6.45) is 5.03. The van der Waals surface area contributed by atoms with E-state index in [2.05, 4.69) is 58.5 Å². The standard InChI is InChI=1S/C49H64N8O9/c1-9-56-40-13-12-30-21-34(40)35(44(56)36-23-50-15-14-31(36)26-65-8)22-49(4,5)27-66-48(64)37-11-10-16-57(53-37)46(62)38(19-29-17-32(30)20-33(59)18-29)52-45(61)43(28(2)3)55(7)41(60)24-54(6)47(63)42-39(25-58)51-42/h12-15,17-18,20-21,23,28,37-39,42-43,51,53,58-59H,9-11,16,19,22,24-27H2,1-8H3,(H,52,61)/t37-,38-,39+,42+,43?/m0/s1. The van der Waals surface area contributed by atoms with Crippen LogP contribution in [-0.2, 0) is 59.4 Å². The summed E-state index contributed by atoms with van der Waals surface area (Å²) in [6, 6.07) is 9.27. The minimum Gasteiger partial charge on any atom is -0.508 e. The number of ether oxygens (including phenoxy) is 2. The topological polar surface area (TPSA) is 218 Å². The second kappa shape index (κ2) is 19.9. The Morgan fingerprint density at radius 2 is 1.86 bits per heavy atom. The highest BCUT2D eigenvalue weighted by Gasteiger charge is 2.44. The molecule has 2 aromatic heterocycles. The van der Waals surface area contributed by atoms with Crippen molar-refractivity contribution in [2.45, 2.75) is 104 Å². The number of rotatable bonds is 12. The maximum absolute atomic E-state index is 14.7. The molecule has 3 aliphatic heterocycles. The number of nitrogens with one attached hydrogen (secondary N) is 3. The quantitative estimate of drug-likeness (QED) is 0.102. The molecule has 0 aliphatic carbocycles. The predicted molar refractivity (Wildman–Crippen MR) is 247 cm³/mol. The molecular weight excluding hydrogens is 845 g/mol. The van der Waals surface area contributed by atoms with Gasteiger partial charge in [0.1, 0.15) is 29.9 Å². The Labute approximate surface area is 385 Å². The number of phenolic OH excluding ortho intramolecular Hbond substituents is 1. The van der Waals surface area contributed by atoms with Crippen LogP contribution in [0.15, 0.2) is 54.9 Å². The van der Waals surface area contributed by atoms with E-state index in [0.29, 0.717) is 43.5 Å². The Morgan fingerprint density at radius 1 is 1.09 bits per heavy atom. The monoisotopic (exact) mass is 908 g/mol. The lowest BCUT2D eigenvalue weighted by Gasteiger charge is -2.37. The molecule has 354 valence electrons. The number of pyridine rings is 1. The Morgan fingerprint density at radius 3 is 2.56 bits per heavy atom. The molecule has 4 amide bonds. The van der Waals surface area contributed by atoms with E-state index in [4.69, 9.17) is 9.47 Å². The molecule has 6 bridgehead atoms. The van der Waals surface area contributed by atoms with Crippen LogP contribution in [0.2, 0.25) is 0 Å². The van der Waals surface area contributed by atoms with Gasteiger partial charge >= 0.3 is 5.97 Å². The number of hydrazine groups is 1. The maximum Gasteiger partial charge on any atom is 0.324 e. The lowest BCUT2D eigenvalue weighted by Crippen LogP contribution is -2.62. The van der Waals surface area contributed by atoms with Crippen molar-refractivity contribution in [1.29, 1.82) is 0 Å². The summed E-state index contributed by atoms with van der Waals surface area (Å²) in [6.45, 7) is 10.7. The molecule has 5 N–H and O–H groups in total. The summed E-state index contributed by atoms with van der Waals surface area (Å²) in [5.41, 5.74) is 9.58. The Kier molecular flexibility index (Phi) is 14.5. The number of carbonyl (C=O) groups is 5. The summed E-state index contributed by atoms with van der Waals surface area (Å²) in [7, 11) is 4.64. The van der Waals surface area contributed by atoms with Crippen molar-refractivity contribution in [3.63, 3.8) is 0 Å². The molecule has 17 nitrogen and oxygen atoms in total. The number of aromatic nitrogens is 2. The molecule has 7 rings (SSSR count). The summed E-state index contributed by atoms with van der Waals surface area (Å²) < 4.78 is 14.0. The largest absolute Gasteiger partial charge is 0.508 e. The number of nitrogens with zero attached hydrogens (tertiary/aromatic N) is 5. The number of aliphatic hydroxyl groups is 1. The first-order valence-electron chi connectivity index (χ1n) is 22.8. The van der Waals surface area contributed by atoms with Gasteiger partial charge in [-0.2, -0.15) is 0 Å². The van der Waals surface area contributed by atoms with Crippen LogP contribution in [0.5, 0.6) is 5.75 Å². The summed E-state index contributed by atoms with van der Waals surface area (Å²) in [5.74, 6) is -2.87. The van der Waals surface area contributed by atoms with Gasteiger partial charge in [-0.1, -0.05) is 39.8 Å². The van der Waals surface area contributed by atoms with Crippen LogP contribution in [0.1, 0.15) is 64.2 Å². The predicted octanol–water partition coefficient (Wildman–Crippen LogP) is 3.16. The minimum atomic E-state index is -1.20. The Hall–Kier alpha value is -5.88. The lowest BCUT2D eigenvalue weighted by molar-refractivity contribution is -0.155. The molecule has 4 aromatic rings. The zero-order valence-corrected chi connectivity index (χ0v) is 39.2. The second-order valence-electron chi connectivity index (χ2n) is 19.0. The molecule has 2 saturated heterocycles. The molecular formula is C49H64N8O9. The molecule has 0 radical (unpaired) electrons. The van der Waals surface area contributed by atoms with Gasteiger partial charge in [-0.3, -0.25) is 39.3 Å². The number of phenols is 1. The van der Waals surface area contributed by atoms with Crippen LogP contribution >= 0.6 is 0 Å². The fourth-order valence-corrected chi connectivity index (χ4v) is 9.48. The third kappa shape index (κ3) is 10.2. The average Bonchev–Trinajstić information content (AvgIpc) is 4.02. The molecule has 1 unspecified atom stereocenters. The zero-order chi connectivity index (χ0) is 47.6. The SMILES string of the molecule is CCn1c(-c2cnccc2COC)c2c3cc(ccc31)-c1cc(O)cc(c1)C[C@H](NC(=O)C(C(C)C)N(C)C(=O)CN(C)C(=O)[C@@H]1N[C@@H]1CO)C(=O)N1CCC[C@H](N1)C(=O)OCC(C)(C)C2. The van der Waals surface area contributed by atoms with Gasteiger partial charge in [0, 0.05) is 75.0 Å². The summed E-state index contributed by atoms with van der Waals surface area (Å²) >= 11 is 0. The fraction of sp³-hybridized carbons (Fsp3) is 0.510. The first kappa shape index (κ1) is 48.1. The third-order valence-corrected chi connectivity index (χ3v) is 12.9. The number of aryl methyl sites for hydroxylation is 1. The molecule has 2 aromatic carbocycles. The molecule has 0 saturated carbocycles. The first-order valence-corrected chi connectivity index (χ1v) is 22.8. The van der Waals surface area contributed by atoms with Crippen molar-refractivity contribution in [2.24, 2.45) is 11.3 Å². The molecule has 0 spiro atoms. The Balaban J connectivity index is 1.28. The smallest absolute Gasteiger partial charge is 0.324 e. The number of likely N-dealkylation sites (N-methyl/N-ethyl adjacent to an activating group) is 2. The minimum absolute atomic E-state index is 0.0306. The number of amides is 4. The van der Waals surface area contributed by atoms with Crippen LogP contribution in [0.3, 0.4) is 0 Å². The van der Waals surface area contributed by atoms with Crippen LogP contribution in [0, 0.1) is 11.3 Å². The molecule has 3 aliphatic rings. The van der Waals surface area contributed by atoms with Crippen LogP contribution in [0.4, 0.5) is 0 Å². The Bertz CT molecular complexity index is 2490. The normalized spacial score (nSPS) is 21.2. The van der Waals surface area contributed by atoms with Gasteiger partial charge in [0.2, 0.25) is 17.7 Å². The third-order valence-electron chi connectivity index (χ3n) is 12.9. The number of methoxy groups -OCH3 is 1. The van der Waals surface area contributed by atoms with E-state index >= 15 is 0 Å². The summed E-state index contributed by atoms with van der Waals surface area (Å²) in [5, 5.41) is 28.9. The van der Waals surface area contributed by atoms with Gasteiger partial charge in [0.25, 0.3) is 5.91 Å². The van der Waals surface area contributed by atoms with E-state index in [1.165, 1.54) is 28.9 Å². The number of hydrogen-bond acceptors (Lipinski definition) is 12. The van der Waals surface area contributed by atoms with Gasteiger partial charge in [-0.15, -0.1) is 0 Å². The number of aliphatic hydroxyl groups excluding tert-OH is 1. The van der Waals surface area contributed by atoms with E-state index in [-0.39, 0.29) is 50.4 Å². The zero-order valence-electron chi connectivity index (χ0n) is 39.2. The highest BCUT2D eigenvalue weighted by Crippen LogP contribution is 2.41. The highest BCUT2D eigenvalue weighted by atomic mass is 16.5. The van der Waals surface area contributed by atoms with E-state index in [9.17, 15) is 34.2 Å². The van der Waals surface area contributed by atoms with Gasteiger partial charge in [0.15, 0.2) is 0 Å². The number of fused-ring (bicyclic) bond motifs is 6. The van der Waals surface area contributed by atoms with Crippen molar-refractivity contribution in [3.8, 4) is 28.1 Å². The number of carbonyl (C=O) groups excluding carboxylic acids is 5. The van der Waals surface area contributed by atoms with Crippen molar-refractivity contribution in [2.75, 3.05) is 47.5 Å². The second-order valence-corrected chi connectivity index (χ2v) is 19.0. The van der Waals surface area contributed by atoms with Gasteiger partial charge in [0.05, 0.1) is 38.1 Å². The molecule has 2 fully saturated rings. The van der Waals surface area contributed by atoms with E-state index in [0.717, 1.165) is 38.9 Å². The van der Waals surface area contributed by atoms with Crippen LogP contribution in [-0.4, -0.2) is 142 Å². The van der Waals surface area contributed by atoms with E-state index in [1.54, 1.807) is 39.3 Å². The average molecular weight is 909 g/mol. The number of aromatic hydroxyl groups is 1. The first-order chi connectivity index (χ1) is 31.4. The molecule has 5 atom stereocenters. The van der Waals surface area contributed by atoms with E-state index in [1.807, 2.05) is 24.4 Å². The van der Waals surface area contributed by atoms with Gasteiger partial charge < -0.3 is 39.4 Å². The van der Waals surface area contributed by atoms with Crippen LogP contribution < -0.4 is 16.1 Å². The van der Waals surface area contributed by atoms with Gasteiger partial charge in [-0.25, -0.2) is 5.43 Å². The highest BCUT2D eigenvalue weighted by molar-refractivity contribution is 5.96. The molecule has 17 heteroatoms. The fourth-order valence-electron chi connectivity index (χ4n) is 9.48. The summed E-state index contributed by atoms with van der Waals surface area (Å²) in [4.78, 5) is 76.6. The van der Waals surface area contributed by atoms with Crippen LogP contribution in [0.25, 0.3) is 33.3 Å². The van der Waals surface area contributed by atoms with E-state index < -0.39 is 59.2 Å². The number of esters is 1. The lowest BCUT2D eigenvalue weighted by atomic mass is 9.84. The number of cyclic esters (lactones) is 1. The van der Waals surface area contributed by atoms with Gasteiger partial charge in [-0.05, 0) is 90.3 Å². The number of hydrogen-bond donors (Lipinski definition) is 5. The van der Waals surface area contributed by atoms with Crippen molar-refractivity contribution in [3.05, 3.63) is 71.5 Å². The maximum atomic E-state index is 14.7. The number of benzene rings is 2. The molecule has 5 heterocycles.